The number of aliphatic hydroxyl groups is 1. The second kappa shape index (κ2) is 4.33. The first-order chi connectivity index (χ1) is 6.52. The van der Waals surface area contributed by atoms with Crippen LogP contribution >= 0.6 is 0 Å². The summed E-state index contributed by atoms with van der Waals surface area (Å²) in [6.45, 7) is 7.90. The molecule has 1 fully saturated rings. The number of rotatable bonds is 2. The molecule has 80 valence electrons. The van der Waals surface area contributed by atoms with E-state index in [1.165, 1.54) is 0 Å². The molecule has 1 unspecified atom stereocenters. The van der Waals surface area contributed by atoms with Crippen LogP contribution in [-0.4, -0.2) is 23.8 Å². The van der Waals surface area contributed by atoms with Crippen LogP contribution in [0, 0.1) is 17.3 Å². The first-order valence-corrected chi connectivity index (χ1v) is 5.34. The summed E-state index contributed by atoms with van der Waals surface area (Å²) in [4.78, 5) is 0. The van der Waals surface area contributed by atoms with Gasteiger partial charge in [-0.3, -0.25) is 0 Å². The van der Waals surface area contributed by atoms with Crippen molar-refractivity contribution in [1.29, 1.82) is 0 Å². The third kappa shape index (κ3) is 2.29. The molecule has 1 aliphatic heterocycles. The highest BCUT2D eigenvalue weighted by atomic mass is 16.3. The number of piperidine rings is 1. The maximum atomic E-state index is 10.5. The summed E-state index contributed by atoms with van der Waals surface area (Å²) in [5.41, 5.74) is -0.581. The maximum Gasteiger partial charge on any atom is 0.0731 e. The second-order valence-electron chi connectivity index (χ2n) is 4.77. The van der Waals surface area contributed by atoms with E-state index in [1.54, 1.807) is 0 Å². The largest absolute Gasteiger partial charge is 0.389 e. The van der Waals surface area contributed by atoms with Crippen molar-refractivity contribution < 1.29 is 5.11 Å². The molecule has 0 spiro atoms. The van der Waals surface area contributed by atoms with Crippen molar-refractivity contribution in [2.24, 2.45) is 5.41 Å². The Hall–Kier alpha value is -0.520. The lowest BCUT2D eigenvalue weighted by Gasteiger charge is -2.46. The van der Waals surface area contributed by atoms with E-state index < -0.39 is 5.60 Å². The van der Waals surface area contributed by atoms with Gasteiger partial charge in [-0.15, -0.1) is 11.8 Å². The van der Waals surface area contributed by atoms with E-state index in [1.807, 2.05) is 6.92 Å². The number of hydrogen-bond acceptors (Lipinski definition) is 2. The van der Waals surface area contributed by atoms with Crippen LogP contribution in [0.1, 0.15) is 40.0 Å². The molecule has 0 bridgehead atoms. The molecule has 0 aromatic rings. The van der Waals surface area contributed by atoms with Crippen LogP contribution in [0.25, 0.3) is 0 Å². The molecule has 0 amide bonds. The van der Waals surface area contributed by atoms with Crippen molar-refractivity contribution in [1.82, 2.24) is 5.32 Å². The van der Waals surface area contributed by atoms with Crippen LogP contribution in [-0.2, 0) is 0 Å². The van der Waals surface area contributed by atoms with Gasteiger partial charge >= 0.3 is 0 Å². The van der Waals surface area contributed by atoms with Gasteiger partial charge in [0.25, 0.3) is 0 Å². The summed E-state index contributed by atoms with van der Waals surface area (Å²) < 4.78 is 0. The van der Waals surface area contributed by atoms with Gasteiger partial charge in [0.15, 0.2) is 0 Å². The zero-order valence-electron chi connectivity index (χ0n) is 9.48. The molecule has 0 aromatic heterocycles. The van der Waals surface area contributed by atoms with E-state index in [-0.39, 0.29) is 5.41 Å². The Bertz CT molecular complexity index is 249. The minimum Gasteiger partial charge on any atom is -0.389 e. The van der Waals surface area contributed by atoms with E-state index in [0.717, 1.165) is 32.4 Å². The van der Waals surface area contributed by atoms with Crippen molar-refractivity contribution in [2.45, 2.75) is 45.6 Å². The molecule has 2 nitrogen and oxygen atoms in total. The molecule has 14 heavy (non-hydrogen) atoms. The molecule has 1 heterocycles. The fourth-order valence-electron chi connectivity index (χ4n) is 2.06. The maximum absolute atomic E-state index is 10.5. The van der Waals surface area contributed by atoms with Crippen molar-refractivity contribution in [2.75, 3.05) is 13.1 Å². The van der Waals surface area contributed by atoms with Crippen molar-refractivity contribution >= 4 is 0 Å². The molecule has 0 aromatic carbocycles. The summed E-state index contributed by atoms with van der Waals surface area (Å²) in [5.74, 6) is 5.90. The van der Waals surface area contributed by atoms with Gasteiger partial charge in [0, 0.05) is 18.4 Å². The van der Waals surface area contributed by atoms with Gasteiger partial charge in [0.1, 0.15) is 0 Å². The molecule has 2 heteroatoms. The van der Waals surface area contributed by atoms with Crippen molar-refractivity contribution in [3.8, 4) is 11.8 Å². The highest BCUT2D eigenvalue weighted by Crippen LogP contribution is 2.38. The third-order valence-electron chi connectivity index (χ3n) is 3.38. The molecule has 0 saturated carbocycles. The summed E-state index contributed by atoms with van der Waals surface area (Å²) in [6, 6.07) is 0. The lowest BCUT2D eigenvalue weighted by molar-refractivity contribution is -0.0923. The highest BCUT2D eigenvalue weighted by Gasteiger charge is 2.44. The quantitative estimate of drug-likeness (QED) is 0.655. The fraction of sp³-hybridized carbons (Fsp3) is 0.833. The Labute approximate surface area is 87.1 Å². The second-order valence-corrected chi connectivity index (χ2v) is 4.77. The molecular formula is C12H21NO. The van der Waals surface area contributed by atoms with Crippen LogP contribution in [0.4, 0.5) is 0 Å². The van der Waals surface area contributed by atoms with Gasteiger partial charge in [0.05, 0.1) is 5.60 Å². The molecule has 2 N–H and O–H groups in total. The molecular weight excluding hydrogens is 174 g/mol. The summed E-state index contributed by atoms with van der Waals surface area (Å²) in [5, 5.41) is 13.8. The van der Waals surface area contributed by atoms with E-state index in [4.69, 9.17) is 0 Å². The van der Waals surface area contributed by atoms with Crippen molar-refractivity contribution in [3.63, 3.8) is 0 Å². The van der Waals surface area contributed by atoms with Crippen LogP contribution in [0.3, 0.4) is 0 Å². The van der Waals surface area contributed by atoms with Gasteiger partial charge in [-0.05, 0) is 26.3 Å². The molecule has 1 rings (SSSR count). The topological polar surface area (TPSA) is 32.3 Å². The molecule has 1 aliphatic rings. The zero-order chi connectivity index (χ0) is 10.7. The van der Waals surface area contributed by atoms with Gasteiger partial charge in [-0.2, -0.15) is 0 Å². The third-order valence-corrected chi connectivity index (χ3v) is 3.38. The van der Waals surface area contributed by atoms with Gasteiger partial charge in [-0.1, -0.05) is 13.8 Å². The summed E-state index contributed by atoms with van der Waals surface area (Å²) in [7, 11) is 0. The van der Waals surface area contributed by atoms with E-state index in [2.05, 4.69) is 31.0 Å². The summed E-state index contributed by atoms with van der Waals surface area (Å²) >= 11 is 0. The average Bonchev–Trinajstić information content (AvgIpc) is 2.11. The smallest absolute Gasteiger partial charge is 0.0731 e. The predicted molar refractivity (Wildman–Crippen MR) is 58.9 cm³/mol. The Kier molecular flexibility index (Phi) is 3.58. The van der Waals surface area contributed by atoms with Gasteiger partial charge in [0.2, 0.25) is 0 Å². The summed E-state index contributed by atoms with van der Waals surface area (Å²) in [6.07, 6.45) is 2.43. The Morgan fingerprint density at radius 3 is 2.71 bits per heavy atom. The first kappa shape index (κ1) is 11.6. The van der Waals surface area contributed by atoms with E-state index in [0.29, 0.717) is 0 Å². The normalized spacial score (nSPS) is 30.6. The zero-order valence-corrected chi connectivity index (χ0v) is 9.48. The first-order valence-electron chi connectivity index (χ1n) is 5.34. The Morgan fingerprint density at radius 1 is 1.43 bits per heavy atom. The van der Waals surface area contributed by atoms with E-state index >= 15 is 0 Å². The molecule has 1 atom stereocenters. The van der Waals surface area contributed by atoms with Crippen LogP contribution in [0.15, 0.2) is 0 Å². The molecule has 0 radical (unpaired) electrons. The number of nitrogens with one attached hydrogen (secondary N) is 1. The minimum atomic E-state index is -0.540. The van der Waals surface area contributed by atoms with Gasteiger partial charge in [-0.25, -0.2) is 0 Å². The Morgan fingerprint density at radius 2 is 2.14 bits per heavy atom. The fourth-order valence-corrected chi connectivity index (χ4v) is 2.06. The Balaban J connectivity index is 2.62. The van der Waals surface area contributed by atoms with Crippen LogP contribution in [0.5, 0.6) is 0 Å². The van der Waals surface area contributed by atoms with Crippen LogP contribution in [0.2, 0.25) is 0 Å². The lowest BCUT2D eigenvalue weighted by atomic mass is 9.68. The highest BCUT2D eigenvalue weighted by molar-refractivity contribution is 5.02. The average molecular weight is 195 g/mol. The molecule has 1 saturated heterocycles. The standard InChI is InChI=1S/C12H21NO/c1-4-5-6-7-12(14)8-9-13-10-11(12,2)3/h13-14H,6-10H2,1-3H3. The minimum absolute atomic E-state index is 0.0410. The van der Waals surface area contributed by atoms with Crippen molar-refractivity contribution in [3.05, 3.63) is 0 Å². The molecule has 0 aliphatic carbocycles. The van der Waals surface area contributed by atoms with E-state index in [9.17, 15) is 5.11 Å². The number of hydrogen-bond donors (Lipinski definition) is 2. The predicted octanol–water partition coefficient (Wildman–Crippen LogP) is 1.54. The lowest BCUT2D eigenvalue weighted by Crippen LogP contribution is -2.55. The van der Waals surface area contributed by atoms with Gasteiger partial charge < -0.3 is 10.4 Å². The SMILES string of the molecule is CC#CCCC1(O)CCNCC1(C)C. The van der Waals surface area contributed by atoms with Crippen LogP contribution < -0.4 is 5.32 Å². The monoisotopic (exact) mass is 195 g/mol.